The largest absolute Gasteiger partial charge is 0.298 e. The third-order valence-electron chi connectivity index (χ3n) is 2.66. The minimum atomic E-state index is 0.819. The zero-order chi connectivity index (χ0) is 10.8. The summed E-state index contributed by atoms with van der Waals surface area (Å²) in [4.78, 5) is 2.42. The second-order valence-electron chi connectivity index (χ2n) is 3.95. The molecule has 0 saturated carbocycles. The van der Waals surface area contributed by atoms with Crippen LogP contribution in [0.2, 0.25) is 5.02 Å². The standard InChI is InChI=1S/C11H12Br2ClN/c12-4-8-5-15(6-8)7-9-1-2-10(13)3-11(9)14/h1-3,8H,4-7H2. The van der Waals surface area contributed by atoms with Gasteiger partial charge < -0.3 is 0 Å². The van der Waals surface area contributed by atoms with E-state index in [1.165, 1.54) is 18.7 Å². The molecule has 0 spiro atoms. The van der Waals surface area contributed by atoms with Crippen LogP contribution >= 0.6 is 43.5 Å². The van der Waals surface area contributed by atoms with Crippen LogP contribution in [-0.4, -0.2) is 23.3 Å². The average Bonchev–Trinajstić information content (AvgIpc) is 2.13. The van der Waals surface area contributed by atoms with Crippen molar-refractivity contribution in [1.29, 1.82) is 0 Å². The molecule has 2 rings (SSSR count). The van der Waals surface area contributed by atoms with Crippen molar-refractivity contribution in [2.75, 3.05) is 18.4 Å². The van der Waals surface area contributed by atoms with Gasteiger partial charge in [-0.25, -0.2) is 0 Å². The quantitative estimate of drug-likeness (QED) is 0.744. The molecule has 0 aromatic heterocycles. The molecule has 4 heteroatoms. The predicted molar refractivity (Wildman–Crippen MR) is 71.7 cm³/mol. The Balaban J connectivity index is 1.94. The van der Waals surface area contributed by atoms with Gasteiger partial charge >= 0.3 is 0 Å². The Morgan fingerprint density at radius 3 is 2.73 bits per heavy atom. The molecule has 82 valence electrons. The molecule has 0 amide bonds. The molecule has 1 aliphatic rings. The second-order valence-corrected chi connectivity index (χ2v) is 5.92. The zero-order valence-corrected chi connectivity index (χ0v) is 12.1. The maximum absolute atomic E-state index is 6.16. The highest BCUT2D eigenvalue weighted by molar-refractivity contribution is 9.10. The van der Waals surface area contributed by atoms with E-state index < -0.39 is 0 Å². The monoisotopic (exact) mass is 351 g/mol. The molecule has 1 aromatic rings. The smallest absolute Gasteiger partial charge is 0.0462 e. The lowest BCUT2D eigenvalue weighted by Crippen LogP contribution is -2.46. The summed E-state index contributed by atoms with van der Waals surface area (Å²) in [5.41, 5.74) is 1.22. The van der Waals surface area contributed by atoms with Crippen LogP contribution in [0.1, 0.15) is 5.56 Å². The third kappa shape index (κ3) is 2.96. The van der Waals surface area contributed by atoms with Gasteiger partial charge in [-0.05, 0) is 23.6 Å². The van der Waals surface area contributed by atoms with Crippen molar-refractivity contribution < 1.29 is 0 Å². The number of rotatable bonds is 3. The maximum Gasteiger partial charge on any atom is 0.0462 e. The number of hydrogen-bond donors (Lipinski definition) is 0. The highest BCUT2D eigenvalue weighted by Gasteiger charge is 2.25. The van der Waals surface area contributed by atoms with Crippen molar-refractivity contribution in [1.82, 2.24) is 4.90 Å². The van der Waals surface area contributed by atoms with Gasteiger partial charge in [0, 0.05) is 34.5 Å². The SMILES string of the molecule is Clc1cc(Br)ccc1CN1CC(CBr)C1. The molecule has 0 unspecified atom stereocenters. The molecule has 15 heavy (non-hydrogen) atoms. The molecule has 1 saturated heterocycles. The molecule has 1 nitrogen and oxygen atoms in total. The highest BCUT2D eigenvalue weighted by atomic mass is 79.9. The van der Waals surface area contributed by atoms with Crippen molar-refractivity contribution in [3.8, 4) is 0 Å². The van der Waals surface area contributed by atoms with Gasteiger partial charge in [0.2, 0.25) is 0 Å². The van der Waals surface area contributed by atoms with Gasteiger partial charge in [0.05, 0.1) is 0 Å². The van der Waals surface area contributed by atoms with Crippen LogP contribution in [0.25, 0.3) is 0 Å². The van der Waals surface area contributed by atoms with E-state index in [1.54, 1.807) is 0 Å². The second kappa shape index (κ2) is 5.17. The molecule has 0 aliphatic carbocycles. The Morgan fingerprint density at radius 1 is 1.40 bits per heavy atom. The van der Waals surface area contributed by atoms with Crippen LogP contribution in [0.3, 0.4) is 0 Å². The van der Waals surface area contributed by atoms with Crippen molar-refractivity contribution in [2.45, 2.75) is 6.54 Å². The molecule has 0 bridgehead atoms. The van der Waals surface area contributed by atoms with Crippen LogP contribution in [0.5, 0.6) is 0 Å². The molecular weight excluding hydrogens is 341 g/mol. The number of benzene rings is 1. The fourth-order valence-corrected chi connectivity index (χ4v) is 2.94. The Kier molecular flexibility index (Phi) is 4.10. The summed E-state index contributed by atoms with van der Waals surface area (Å²) in [5, 5.41) is 1.96. The molecule has 1 fully saturated rings. The van der Waals surface area contributed by atoms with Crippen molar-refractivity contribution >= 4 is 43.5 Å². The van der Waals surface area contributed by atoms with Gasteiger partial charge in [-0.3, -0.25) is 4.90 Å². The summed E-state index contributed by atoms with van der Waals surface area (Å²) in [7, 11) is 0. The van der Waals surface area contributed by atoms with Crippen LogP contribution in [0.4, 0.5) is 0 Å². The van der Waals surface area contributed by atoms with E-state index in [0.29, 0.717) is 0 Å². The van der Waals surface area contributed by atoms with E-state index in [9.17, 15) is 0 Å². The molecule has 0 atom stereocenters. The number of alkyl halides is 1. The molecule has 1 heterocycles. The van der Waals surface area contributed by atoms with Gasteiger partial charge in [0.25, 0.3) is 0 Å². The zero-order valence-electron chi connectivity index (χ0n) is 8.22. The van der Waals surface area contributed by atoms with Gasteiger partial charge in [0.1, 0.15) is 0 Å². The Hall–Kier alpha value is 0.430. The van der Waals surface area contributed by atoms with Crippen molar-refractivity contribution in [2.24, 2.45) is 5.92 Å². The lowest BCUT2D eigenvalue weighted by Gasteiger charge is -2.38. The summed E-state index contributed by atoms with van der Waals surface area (Å²) in [6, 6.07) is 6.09. The van der Waals surface area contributed by atoms with Crippen LogP contribution in [0, 0.1) is 5.92 Å². The third-order valence-corrected chi connectivity index (χ3v) is 4.42. The van der Waals surface area contributed by atoms with Crippen LogP contribution < -0.4 is 0 Å². The molecule has 0 radical (unpaired) electrons. The Morgan fingerprint density at radius 2 is 2.13 bits per heavy atom. The average molecular weight is 353 g/mol. The first-order valence-electron chi connectivity index (χ1n) is 4.91. The maximum atomic E-state index is 6.16. The van der Waals surface area contributed by atoms with Gasteiger partial charge in [-0.1, -0.05) is 49.5 Å². The predicted octanol–water partition coefficient (Wildman–Crippen LogP) is 3.93. The minimum Gasteiger partial charge on any atom is -0.298 e. The van der Waals surface area contributed by atoms with E-state index in [0.717, 1.165) is 27.3 Å². The van der Waals surface area contributed by atoms with Crippen molar-refractivity contribution in [3.05, 3.63) is 33.3 Å². The van der Waals surface area contributed by atoms with Gasteiger partial charge in [-0.2, -0.15) is 0 Å². The molecular formula is C11H12Br2ClN. The number of hydrogen-bond acceptors (Lipinski definition) is 1. The fourth-order valence-electron chi connectivity index (χ4n) is 1.79. The summed E-state index contributed by atoms with van der Waals surface area (Å²) in [5.74, 6) is 0.819. The number of nitrogens with zero attached hydrogens (tertiary/aromatic N) is 1. The van der Waals surface area contributed by atoms with E-state index >= 15 is 0 Å². The highest BCUT2D eigenvalue weighted by Crippen LogP contribution is 2.26. The summed E-state index contributed by atoms with van der Waals surface area (Å²) in [6.07, 6.45) is 0. The van der Waals surface area contributed by atoms with Gasteiger partial charge in [-0.15, -0.1) is 0 Å². The van der Waals surface area contributed by atoms with E-state index in [1.807, 2.05) is 12.1 Å². The molecule has 0 N–H and O–H groups in total. The molecule has 1 aromatic carbocycles. The van der Waals surface area contributed by atoms with Gasteiger partial charge in [0.15, 0.2) is 0 Å². The summed E-state index contributed by atoms with van der Waals surface area (Å²) >= 11 is 13.1. The van der Waals surface area contributed by atoms with Crippen LogP contribution in [0.15, 0.2) is 22.7 Å². The van der Waals surface area contributed by atoms with Crippen molar-refractivity contribution in [3.63, 3.8) is 0 Å². The Bertz CT molecular complexity index is 350. The van der Waals surface area contributed by atoms with E-state index in [4.69, 9.17) is 11.6 Å². The normalized spacial score (nSPS) is 17.8. The molecule has 1 aliphatic heterocycles. The topological polar surface area (TPSA) is 3.24 Å². The number of halogens is 3. The fraction of sp³-hybridized carbons (Fsp3) is 0.455. The lowest BCUT2D eigenvalue weighted by atomic mass is 10.0. The lowest BCUT2D eigenvalue weighted by molar-refractivity contribution is 0.108. The summed E-state index contributed by atoms with van der Waals surface area (Å²) < 4.78 is 1.04. The Labute approximate surface area is 112 Å². The van der Waals surface area contributed by atoms with Crippen LogP contribution in [-0.2, 0) is 6.54 Å². The first-order valence-corrected chi connectivity index (χ1v) is 7.20. The summed E-state index contributed by atoms with van der Waals surface area (Å²) in [6.45, 7) is 3.32. The minimum absolute atomic E-state index is 0.819. The number of likely N-dealkylation sites (tertiary alicyclic amines) is 1. The first kappa shape index (κ1) is 11.9. The first-order chi connectivity index (χ1) is 7.19. The van der Waals surface area contributed by atoms with E-state index in [2.05, 4.69) is 42.8 Å². The van der Waals surface area contributed by atoms with E-state index in [-0.39, 0.29) is 0 Å².